The molecule has 0 saturated carbocycles. The maximum Gasteiger partial charge on any atom is 0.246 e. The molecule has 1 aromatic carbocycles. The maximum atomic E-state index is 12.4. The average molecular weight is 433 g/mol. The van der Waals surface area contributed by atoms with Gasteiger partial charge in [0.05, 0.1) is 20.8 Å². The number of pyridine rings is 1. The van der Waals surface area contributed by atoms with E-state index in [-0.39, 0.29) is 12.0 Å². The SMILES string of the molecule is COc1ccc(C=CC(=O)N2CCC(Oc3ccc(Br)cn3)C2)cc1OC. The molecule has 1 amide bonds. The average Bonchev–Trinajstić information content (AvgIpc) is 3.16. The van der Waals surface area contributed by atoms with Crippen LogP contribution in [-0.2, 0) is 4.79 Å². The van der Waals surface area contributed by atoms with Gasteiger partial charge in [0.25, 0.3) is 0 Å². The van der Waals surface area contributed by atoms with E-state index in [1.54, 1.807) is 37.5 Å². The normalized spacial score (nSPS) is 16.6. The molecule has 3 rings (SSSR count). The summed E-state index contributed by atoms with van der Waals surface area (Å²) in [7, 11) is 3.17. The number of halogens is 1. The Morgan fingerprint density at radius 2 is 2.04 bits per heavy atom. The largest absolute Gasteiger partial charge is 0.493 e. The Labute approximate surface area is 166 Å². The number of hydrogen-bond acceptors (Lipinski definition) is 5. The number of likely N-dealkylation sites (tertiary alicyclic amines) is 1. The monoisotopic (exact) mass is 432 g/mol. The van der Waals surface area contributed by atoms with Gasteiger partial charge in [-0.15, -0.1) is 0 Å². The number of carbonyl (C=O) groups excluding carboxylic acids is 1. The number of methoxy groups -OCH3 is 2. The summed E-state index contributed by atoms with van der Waals surface area (Å²) in [4.78, 5) is 18.4. The van der Waals surface area contributed by atoms with E-state index in [4.69, 9.17) is 14.2 Å². The first kappa shape index (κ1) is 19.2. The van der Waals surface area contributed by atoms with Crippen molar-refractivity contribution >= 4 is 27.9 Å². The second-order valence-corrected chi connectivity index (χ2v) is 6.99. The highest BCUT2D eigenvalue weighted by Gasteiger charge is 2.26. The molecule has 0 spiro atoms. The number of aromatic nitrogens is 1. The fourth-order valence-electron chi connectivity index (χ4n) is 2.86. The molecule has 1 saturated heterocycles. The lowest BCUT2D eigenvalue weighted by Gasteiger charge is -2.15. The molecule has 0 radical (unpaired) electrons. The van der Waals surface area contributed by atoms with Gasteiger partial charge in [-0.25, -0.2) is 4.98 Å². The van der Waals surface area contributed by atoms with Gasteiger partial charge < -0.3 is 19.1 Å². The van der Waals surface area contributed by atoms with Crippen LogP contribution in [0.2, 0.25) is 0 Å². The third-order valence-corrected chi connectivity index (χ3v) is 4.74. The molecule has 1 fully saturated rings. The van der Waals surface area contributed by atoms with Crippen molar-refractivity contribution in [3.8, 4) is 17.4 Å². The Morgan fingerprint density at radius 1 is 1.22 bits per heavy atom. The second kappa shape index (κ2) is 8.90. The predicted molar refractivity (Wildman–Crippen MR) is 106 cm³/mol. The van der Waals surface area contributed by atoms with E-state index in [1.165, 1.54) is 0 Å². The van der Waals surface area contributed by atoms with Crippen LogP contribution < -0.4 is 14.2 Å². The van der Waals surface area contributed by atoms with Crippen molar-refractivity contribution in [3.05, 3.63) is 52.6 Å². The lowest BCUT2D eigenvalue weighted by atomic mass is 10.2. The Bertz CT molecular complexity index is 823. The van der Waals surface area contributed by atoms with Gasteiger partial charge in [-0.2, -0.15) is 0 Å². The predicted octanol–water partition coefficient (Wildman–Crippen LogP) is 3.55. The van der Waals surface area contributed by atoms with Crippen LogP contribution in [-0.4, -0.2) is 49.2 Å². The van der Waals surface area contributed by atoms with Gasteiger partial charge in [0.1, 0.15) is 6.10 Å². The molecule has 142 valence electrons. The van der Waals surface area contributed by atoms with Crippen molar-refractivity contribution in [3.63, 3.8) is 0 Å². The summed E-state index contributed by atoms with van der Waals surface area (Å²) < 4.78 is 17.3. The standard InChI is InChI=1S/C20H21BrN2O4/c1-25-17-6-3-14(11-18(17)26-2)4-8-20(24)23-10-9-16(13-23)27-19-7-5-15(21)12-22-19/h3-8,11-12,16H,9-10,13H2,1-2H3. The van der Waals surface area contributed by atoms with Gasteiger partial charge in [0.2, 0.25) is 11.8 Å². The second-order valence-electron chi connectivity index (χ2n) is 6.08. The summed E-state index contributed by atoms with van der Waals surface area (Å²) >= 11 is 3.35. The smallest absolute Gasteiger partial charge is 0.246 e. The molecule has 1 aliphatic rings. The lowest BCUT2D eigenvalue weighted by molar-refractivity contribution is -0.125. The van der Waals surface area contributed by atoms with E-state index in [9.17, 15) is 4.79 Å². The summed E-state index contributed by atoms with van der Waals surface area (Å²) in [6.07, 6.45) is 5.78. The number of amides is 1. The maximum absolute atomic E-state index is 12.4. The Balaban J connectivity index is 1.57. The van der Waals surface area contributed by atoms with Gasteiger partial charge >= 0.3 is 0 Å². The van der Waals surface area contributed by atoms with Crippen molar-refractivity contribution in [1.82, 2.24) is 9.88 Å². The summed E-state index contributed by atoms with van der Waals surface area (Å²) in [5, 5.41) is 0. The van der Waals surface area contributed by atoms with Crippen LogP contribution in [0.1, 0.15) is 12.0 Å². The molecule has 1 aromatic heterocycles. The molecule has 0 bridgehead atoms. The number of benzene rings is 1. The Hall–Kier alpha value is -2.54. The van der Waals surface area contributed by atoms with E-state index < -0.39 is 0 Å². The molecular weight excluding hydrogens is 412 g/mol. The fraction of sp³-hybridized carbons (Fsp3) is 0.300. The molecule has 7 heteroatoms. The third kappa shape index (κ3) is 5.01. The summed E-state index contributed by atoms with van der Waals surface area (Å²) in [6.45, 7) is 1.21. The van der Waals surface area contributed by atoms with Gasteiger partial charge in [0, 0.05) is 35.8 Å². The first-order chi connectivity index (χ1) is 13.1. The molecule has 6 nitrogen and oxygen atoms in total. The van der Waals surface area contributed by atoms with E-state index in [1.807, 2.05) is 30.3 Å². The third-order valence-electron chi connectivity index (χ3n) is 4.27. The Morgan fingerprint density at radius 3 is 2.74 bits per heavy atom. The van der Waals surface area contributed by atoms with E-state index in [2.05, 4.69) is 20.9 Å². The summed E-state index contributed by atoms with van der Waals surface area (Å²) in [5.74, 6) is 1.81. The van der Waals surface area contributed by atoms with E-state index in [0.29, 0.717) is 30.5 Å². The molecule has 1 aliphatic heterocycles. The minimum Gasteiger partial charge on any atom is -0.493 e. The van der Waals surface area contributed by atoms with Crippen LogP contribution in [0.25, 0.3) is 6.08 Å². The van der Waals surface area contributed by atoms with Crippen LogP contribution in [0.3, 0.4) is 0 Å². The zero-order chi connectivity index (χ0) is 19.2. The topological polar surface area (TPSA) is 60.9 Å². The molecule has 1 unspecified atom stereocenters. The van der Waals surface area contributed by atoms with Gasteiger partial charge in [-0.3, -0.25) is 4.79 Å². The lowest BCUT2D eigenvalue weighted by Crippen LogP contribution is -2.29. The molecule has 0 N–H and O–H groups in total. The van der Waals surface area contributed by atoms with Crippen LogP contribution in [0.5, 0.6) is 17.4 Å². The zero-order valence-electron chi connectivity index (χ0n) is 15.2. The highest BCUT2D eigenvalue weighted by molar-refractivity contribution is 9.10. The van der Waals surface area contributed by atoms with Crippen LogP contribution in [0, 0.1) is 0 Å². The molecule has 2 aromatic rings. The van der Waals surface area contributed by atoms with Crippen LogP contribution in [0.4, 0.5) is 0 Å². The van der Waals surface area contributed by atoms with Gasteiger partial charge in [-0.1, -0.05) is 6.07 Å². The number of rotatable bonds is 6. The quantitative estimate of drug-likeness (QED) is 0.653. The van der Waals surface area contributed by atoms with E-state index >= 15 is 0 Å². The molecule has 0 aliphatic carbocycles. The van der Waals surface area contributed by atoms with Crippen molar-refractivity contribution in [2.75, 3.05) is 27.3 Å². The number of nitrogens with zero attached hydrogens (tertiary/aromatic N) is 2. The van der Waals surface area contributed by atoms with Crippen molar-refractivity contribution in [2.45, 2.75) is 12.5 Å². The number of carbonyl (C=O) groups is 1. The minimum atomic E-state index is -0.0443. The Kier molecular flexibility index (Phi) is 6.34. The highest BCUT2D eigenvalue weighted by atomic mass is 79.9. The van der Waals surface area contributed by atoms with Crippen LogP contribution >= 0.6 is 15.9 Å². The number of ether oxygens (including phenoxy) is 3. The van der Waals surface area contributed by atoms with Crippen molar-refractivity contribution in [1.29, 1.82) is 0 Å². The summed E-state index contributed by atoms with van der Waals surface area (Å²) in [5.41, 5.74) is 0.868. The van der Waals surface area contributed by atoms with Crippen LogP contribution in [0.15, 0.2) is 47.1 Å². The molecule has 27 heavy (non-hydrogen) atoms. The fourth-order valence-corrected chi connectivity index (χ4v) is 3.09. The van der Waals surface area contributed by atoms with Gasteiger partial charge in [0.15, 0.2) is 11.5 Å². The zero-order valence-corrected chi connectivity index (χ0v) is 16.8. The van der Waals surface area contributed by atoms with Crippen molar-refractivity contribution < 1.29 is 19.0 Å². The first-order valence-electron chi connectivity index (χ1n) is 8.56. The van der Waals surface area contributed by atoms with Gasteiger partial charge in [-0.05, 0) is 45.8 Å². The molecular formula is C20H21BrN2O4. The first-order valence-corrected chi connectivity index (χ1v) is 9.35. The summed E-state index contributed by atoms with van der Waals surface area (Å²) in [6, 6.07) is 9.21. The van der Waals surface area contributed by atoms with Crippen molar-refractivity contribution in [2.24, 2.45) is 0 Å². The highest BCUT2D eigenvalue weighted by Crippen LogP contribution is 2.28. The number of hydrogen-bond donors (Lipinski definition) is 0. The van der Waals surface area contributed by atoms with E-state index in [0.717, 1.165) is 16.5 Å². The minimum absolute atomic E-state index is 0.0420. The molecule has 1 atom stereocenters. The molecule has 2 heterocycles.